The second-order valence-corrected chi connectivity index (χ2v) is 5.34. The van der Waals surface area contributed by atoms with Crippen LogP contribution in [0.3, 0.4) is 0 Å². The summed E-state index contributed by atoms with van der Waals surface area (Å²) in [6, 6.07) is 13.8. The first-order valence-electron chi connectivity index (χ1n) is 6.60. The molecule has 1 aromatic heterocycles. The molecular formula is C17H8ClNO3. The lowest BCUT2D eigenvalue weighted by atomic mass is 9.91. The number of hydrogen-bond donors (Lipinski definition) is 0. The third-order valence-corrected chi connectivity index (χ3v) is 3.81. The lowest BCUT2D eigenvalue weighted by Crippen LogP contribution is -2.20. The van der Waals surface area contributed by atoms with Gasteiger partial charge in [-0.05, 0) is 24.3 Å². The Morgan fingerprint density at radius 3 is 2.27 bits per heavy atom. The van der Waals surface area contributed by atoms with Crippen LogP contribution < -0.4 is 0 Å². The van der Waals surface area contributed by atoms with Crippen LogP contribution in [0.5, 0.6) is 0 Å². The summed E-state index contributed by atoms with van der Waals surface area (Å²) in [4.78, 5) is 28.5. The normalized spacial score (nSPS) is 13.0. The molecule has 0 N–H and O–H groups in total. The number of halogens is 1. The molecule has 0 unspecified atom stereocenters. The lowest BCUT2D eigenvalue weighted by molar-refractivity contribution is 0.0812. The van der Waals surface area contributed by atoms with Gasteiger partial charge in [0.2, 0.25) is 11.7 Å². The van der Waals surface area contributed by atoms with Gasteiger partial charge in [-0.2, -0.15) is 0 Å². The first-order chi connectivity index (χ1) is 10.6. The molecule has 0 spiro atoms. The van der Waals surface area contributed by atoms with E-state index in [1.807, 2.05) is 0 Å². The molecule has 2 aromatic carbocycles. The molecule has 0 amide bonds. The quantitative estimate of drug-likeness (QED) is 0.636. The van der Waals surface area contributed by atoms with Crippen molar-refractivity contribution in [3.63, 3.8) is 0 Å². The van der Waals surface area contributed by atoms with E-state index < -0.39 is 11.6 Å². The number of rotatable bonds is 1. The van der Waals surface area contributed by atoms with E-state index in [0.717, 1.165) is 0 Å². The zero-order valence-corrected chi connectivity index (χ0v) is 11.9. The second kappa shape index (κ2) is 4.64. The van der Waals surface area contributed by atoms with Crippen molar-refractivity contribution in [2.24, 2.45) is 0 Å². The van der Waals surface area contributed by atoms with Gasteiger partial charge >= 0.3 is 0 Å². The Labute approximate surface area is 130 Å². The van der Waals surface area contributed by atoms with Crippen LogP contribution in [0.4, 0.5) is 0 Å². The minimum atomic E-state index is -0.641. The lowest BCUT2D eigenvalue weighted by Gasteiger charge is -2.10. The highest BCUT2D eigenvalue weighted by Gasteiger charge is 2.35. The average molecular weight is 310 g/mol. The summed E-state index contributed by atoms with van der Waals surface area (Å²) < 4.78 is 5.75. The number of aromatic nitrogens is 1. The van der Waals surface area contributed by atoms with E-state index in [1.165, 1.54) is 0 Å². The van der Waals surface area contributed by atoms with Gasteiger partial charge in [0.05, 0.1) is 0 Å². The van der Waals surface area contributed by atoms with Gasteiger partial charge in [-0.15, -0.1) is 0 Å². The number of carbonyl (C=O) groups excluding carboxylic acids is 2. The highest BCUT2D eigenvalue weighted by Crippen LogP contribution is 2.36. The molecule has 4 nitrogen and oxygen atoms in total. The number of nitrogens with zero attached hydrogens (tertiary/aromatic N) is 1. The minimum absolute atomic E-state index is 0.0636. The second-order valence-electron chi connectivity index (χ2n) is 4.91. The first-order valence-corrected chi connectivity index (χ1v) is 6.98. The topological polar surface area (TPSA) is 60.2 Å². The van der Waals surface area contributed by atoms with Gasteiger partial charge in [0.15, 0.2) is 11.5 Å². The Balaban J connectivity index is 1.93. The van der Waals surface area contributed by atoms with Crippen molar-refractivity contribution in [3.8, 4) is 22.8 Å². The summed E-state index contributed by atoms with van der Waals surface area (Å²) in [6.45, 7) is 0. The standard InChI is InChI=1S/C17H8ClNO3/c18-10-7-5-9(6-8-10)17-19-13-15(21)14(20)11-3-1-2-4-12(11)16(13)22-17/h1-8H. The van der Waals surface area contributed by atoms with Crippen molar-refractivity contribution in [2.75, 3.05) is 0 Å². The van der Waals surface area contributed by atoms with E-state index in [1.54, 1.807) is 48.5 Å². The molecule has 4 rings (SSSR count). The largest absolute Gasteiger partial charge is 0.435 e. The maximum absolute atomic E-state index is 12.2. The molecule has 0 fully saturated rings. The van der Waals surface area contributed by atoms with Crippen LogP contribution in [0.1, 0.15) is 20.8 Å². The number of ketones is 2. The number of carbonyl (C=O) groups is 2. The molecular weight excluding hydrogens is 302 g/mol. The fraction of sp³-hybridized carbons (Fsp3) is 0. The maximum atomic E-state index is 12.2. The smallest absolute Gasteiger partial charge is 0.255 e. The molecule has 0 aliphatic heterocycles. The van der Waals surface area contributed by atoms with Crippen LogP contribution in [0.25, 0.3) is 22.8 Å². The number of fused-ring (bicyclic) bond motifs is 3. The first kappa shape index (κ1) is 13.0. The van der Waals surface area contributed by atoms with E-state index >= 15 is 0 Å². The molecule has 1 aliphatic rings. The van der Waals surface area contributed by atoms with Crippen LogP contribution in [-0.4, -0.2) is 16.6 Å². The summed E-state index contributed by atoms with van der Waals surface area (Å²) in [6.07, 6.45) is 0. The highest BCUT2D eigenvalue weighted by atomic mass is 35.5. The van der Waals surface area contributed by atoms with Crippen LogP contribution in [0.15, 0.2) is 52.9 Å². The summed E-state index contributed by atoms with van der Waals surface area (Å²) >= 11 is 5.86. The van der Waals surface area contributed by atoms with Gasteiger partial charge < -0.3 is 4.42 Å². The number of Topliss-reactive ketones (excluding diaryl/α,β-unsaturated/α-hetero) is 2. The Hall–Kier alpha value is -2.72. The van der Waals surface area contributed by atoms with E-state index in [-0.39, 0.29) is 5.69 Å². The van der Waals surface area contributed by atoms with Crippen LogP contribution in [-0.2, 0) is 0 Å². The number of oxazole rings is 1. The van der Waals surface area contributed by atoms with Crippen molar-refractivity contribution >= 4 is 23.2 Å². The maximum Gasteiger partial charge on any atom is 0.255 e. The van der Waals surface area contributed by atoms with Gasteiger partial charge in [-0.3, -0.25) is 9.59 Å². The average Bonchev–Trinajstić information content (AvgIpc) is 2.99. The molecule has 5 heteroatoms. The molecule has 0 saturated carbocycles. The fourth-order valence-electron chi connectivity index (χ4n) is 2.48. The van der Waals surface area contributed by atoms with E-state index in [9.17, 15) is 9.59 Å². The molecule has 22 heavy (non-hydrogen) atoms. The molecule has 0 bridgehead atoms. The zero-order chi connectivity index (χ0) is 15.3. The zero-order valence-electron chi connectivity index (χ0n) is 11.2. The Kier molecular flexibility index (Phi) is 2.74. The minimum Gasteiger partial charge on any atom is -0.435 e. The molecule has 0 saturated heterocycles. The highest BCUT2D eigenvalue weighted by molar-refractivity contribution is 6.52. The Bertz CT molecular complexity index is 925. The molecule has 1 heterocycles. The number of hydrogen-bond acceptors (Lipinski definition) is 4. The summed E-state index contributed by atoms with van der Waals surface area (Å²) in [7, 11) is 0. The van der Waals surface area contributed by atoms with Crippen molar-refractivity contribution in [2.45, 2.75) is 0 Å². The summed E-state index contributed by atoms with van der Waals surface area (Å²) in [5, 5.41) is 0.594. The third kappa shape index (κ3) is 1.81. The third-order valence-electron chi connectivity index (χ3n) is 3.56. The molecule has 1 aliphatic carbocycles. The predicted molar refractivity (Wildman–Crippen MR) is 81.0 cm³/mol. The molecule has 0 atom stereocenters. The summed E-state index contributed by atoms with van der Waals surface area (Å²) in [5.41, 5.74) is 1.69. The number of benzene rings is 2. The summed E-state index contributed by atoms with van der Waals surface area (Å²) in [5.74, 6) is -0.568. The van der Waals surface area contributed by atoms with Crippen molar-refractivity contribution < 1.29 is 14.0 Å². The van der Waals surface area contributed by atoms with E-state index in [2.05, 4.69) is 4.98 Å². The fourth-order valence-corrected chi connectivity index (χ4v) is 2.61. The van der Waals surface area contributed by atoms with Crippen LogP contribution in [0.2, 0.25) is 5.02 Å². The van der Waals surface area contributed by atoms with Gasteiger partial charge in [-0.25, -0.2) is 4.98 Å². The van der Waals surface area contributed by atoms with Crippen molar-refractivity contribution in [1.29, 1.82) is 0 Å². The Morgan fingerprint density at radius 2 is 1.55 bits per heavy atom. The van der Waals surface area contributed by atoms with Crippen LogP contribution >= 0.6 is 11.6 Å². The molecule has 106 valence electrons. The van der Waals surface area contributed by atoms with Gasteiger partial charge in [0, 0.05) is 21.7 Å². The Morgan fingerprint density at radius 1 is 0.864 bits per heavy atom. The SMILES string of the molecule is O=C1C(=O)c2nc(-c3ccc(Cl)cc3)oc2-c2ccccc21. The van der Waals surface area contributed by atoms with Crippen molar-refractivity contribution in [1.82, 2.24) is 4.98 Å². The van der Waals surface area contributed by atoms with Crippen LogP contribution in [0, 0.1) is 0 Å². The predicted octanol–water partition coefficient (Wildman–Crippen LogP) is 4.04. The van der Waals surface area contributed by atoms with Gasteiger partial charge in [0.25, 0.3) is 5.78 Å². The molecule has 0 radical (unpaired) electrons. The van der Waals surface area contributed by atoms with Crippen molar-refractivity contribution in [3.05, 3.63) is 64.8 Å². The van der Waals surface area contributed by atoms with Gasteiger partial charge in [0.1, 0.15) is 0 Å². The van der Waals surface area contributed by atoms with E-state index in [0.29, 0.717) is 33.4 Å². The monoisotopic (exact) mass is 309 g/mol. The van der Waals surface area contributed by atoms with E-state index in [4.69, 9.17) is 16.0 Å². The van der Waals surface area contributed by atoms with Gasteiger partial charge in [-0.1, -0.05) is 35.9 Å². The molecule has 3 aromatic rings.